The van der Waals surface area contributed by atoms with Gasteiger partial charge >= 0.3 is 0 Å². The van der Waals surface area contributed by atoms with Crippen LogP contribution in [0.2, 0.25) is 0 Å². The molecule has 1 aliphatic carbocycles. The Labute approximate surface area is 150 Å². The molecule has 0 saturated heterocycles. The molecule has 6 heteroatoms. The van der Waals surface area contributed by atoms with E-state index in [1.807, 2.05) is 0 Å². The summed E-state index contributed by atoms with van der Waals surface area (Å²) in [5.41, 5.74) is 2.06. The third kappa shape index (κ3) is 3.22. The van der Waals surface area contributed by atoms with E-state index in [0.29, 0.717) is 17.6 Å². The lowest BCUT2D eigenvalue weighted by Crippen LogP contribution is -2.46. The van der Waals surface area contributed by atoms with E-state index in [1.54, 1.807) is 36.4 Å². The zero-order chi connectivity index (χ0) is 18.7. The van der Waals surface area contributed by atoms with Gasteiger partial charge in [0.05, 0.1) is 18.2 Å². The van der Waals surface area contributed by atoms with Crippen LogP contribution in [0.1, 0.15) is 45.0 Å². The summed E-state index contributed by atoms with van der Waals surface area (Å²) in [4.78, 5) is 35.1. The lowest BCUT2D eigenvalue weighted by molar-refractivity contribution is -0.126. The van der Waals surface area contributed by atoms with Crippen LogP contribution in [0.5, 0.6) is 0 Å². The Balaban J connectivity index is 0.000000447. The first-order valence-corrected chi connectivity index (χ1v) is 8.25. The van der Waals surface area contributed by atoms with Crippen molar-refractivity contribution in [2.75, 3.05) is 7.11 Å². The largest absolute Gasteiger partial charge is 0.471 e. The number of imide groups is 1. The van der Waals surface area contributed by atoms with Crippen molar-refractivity contribution >= 4 is 18.3 Å². The summed E-state index contributed by atoms with van der Waals surface area (Å²) in [5, 5.41) is 0. The molecule has 1 aliphatic heterocycles. The molecule has 1 fully saturated rings. The minimum Gasteiger partial charge on any atom is -0.471 e. The number of carbonyl (C=O) groups is 3. The Bertz CT molecular complexity index is 793. The van der Waals surface area contributed by atoms with Crippen LogP contribution in [-0.2, 0) is 9.53 Å². The van der Waals surface area contributed by atoms with Gasteiger partial charge in [0.15, 0.2) is 0 Å². The lowest BCUT2D eigenvalue weighted by Gasteiger charge is -2.40. The third-order valence-corrected chi connectivity index (χ3v) is 4.74. The van der Waals surface area contributed by atoms with Crippen molar-refractivity contribution in [1.82, 2.24) is 4.90 Å². The number of hydrogen-bond donors (Lipinski definition) is 0. The van der Waals surface area contributed by atoms with E-state index in [4.69, 9.17) is 4.79 Å². The molecule has 0 radical (unpaired) electrons. The van der Waals surface area contributed by atoms with Crippen molar-refractivity contribution in [2.45, 2.75) is 24.8 Å². The molecule has 134 valence electrons. The number of halogens is 1. The van der Waals surface area contributed by atoms with Gasteiger partial charge in [0.2, 0.25) is 0 Å². The lowest BCUT2D eigenvalue weighted by atomic mass is 9.75. The number of ether oxygens (including phenoxy) is 1. The predicted molar refractivity (Wildman–Crippen MR) is 92.2 cm³/mol. The van der Waals surface area contributed by atoms with Crippen LogP contribution in [0, 0.1) is 5.82 Å². The average Bonchev–Trinajstić information content (AvgIpc) is 2.88. The summed E-state index contributed by atoms with van der Waals surface area (Å²) >= 11 is 0. The summed E-state index contributed by atoms with van der Waals surface area (Å²) in [6, 6.07) is 13.3. The van der Waals surface area contributed by atoms with Gasteiger partial charge in [-0.15, -0.1) is 0 Å². The molecule has 0 aromatic heterocycles. The number of fused-ring (bicyclic) bond motifs is 1. The summed E-state index contributed by atoms with van der Waals surface area (Å²) in [6.07, 6.45) is 1.49. The standard InChI is InChI=1S/C18H14FNO2.C2H4O2/c19-13-7-5-11(6-8-13)12-9-14(10-12)20-17(21)15-3-1-2-4-16(15)18(20)22;1-4-2-3/h1-8,12,14H,9-10H2;2H,1H3. The molecule has 1 heterocycles. The van der Waals surface area contributed by atoms with Gasteiger partial charge < -0.3 is 4.74 Å². The number of benzene rings is 2. The van der Waals surface area contributed by atoms with Crippen molar-refractivity contribution in [2.24, 2.45) is 0 Å². The molecular formula is C20H18FNO4. The molecule has 2 amide bonds. The number of methoxy groups -OCH3 is 1. The van der Waals surface area contributed by atoms with Gasteiger partial charge in [-0.05, 0) is 48.6 Å². The van der Waals surface area contributed by atoms with Crippen LogP contribution in [0.15, 0.2) is 48.5 Å². The van der Waals surface area contributed by atoms with Crippen LogP contribution in [0.4, 0.5) is 4.39 Å². The molecule has 5 nitrogen and oxygen atoms in total. The van der Waals surface area contributed by atoms with Crippen LogP contribution in [0.3, 0.4) is 0 Å². The minimum atomic E-state index is -0.250. The number of amides is 2. The summed E-state index contributed by atoms with van der Waals surface area (Å²) in [6.45, 7) is 0.375. The van der Waals surface area contributed by atoms with Gasteiger partial charge in [0, 0.05) is 6.04 Å². The number of hydrogen-bond acceptors (Lipinski definition) is 4. The smallest absolute Gasteiger partial charge is 0.292 e. The first-order chi connectivity index (χ1) is 12.6. The summed E-state index contributed by atoms with van der Waals surface area (Å²) in [7, 11) is 1.31. The molecule has 2 aliphatic rings. The van der Waals surface area contributed by atoms with Gasteiger partial charge in [-0.2, -0.15) is 0 Å². The van der Waals surface area contributed by atoms with Crippen LogP contribution >= 0.6 is 0 Å². The van der Waals surface area contributed by atoms with Crippen molar-refractivity contribution in [1.29, 1.82) is 0 Å². The molecule has 2 aromatic carbocycles. The minimum absolute atomic E-state index is 0.0533. The molecule has 26 heavy (non-hydrogen) atoms. The maximum absolute atomic E-state index is 13.0. The number of carbonyl (C=O) groups excluding carboxylic acids is 3. The van der Waals surface area contributed by atoms with Gasteiger partial charge in [0.1, 0.15) is 5.82 Å². The van der Waals surface area contributed by atoms with E-state index in [2.05, 4.69) is 4.74 Å². The molecule has 2 aromatic rings. The summed E-state index contributed by atoms with van der Waals surface area (Å²) < 4.78 is 16.8. The van der Waals surface area contributed by atoms with Gasteiger partial charge in [-0.3, -0.25) is 19.3 Å². The van der Waals surface area contributed by atoms with Crippen molar-refractivity contribution in [3.8, 4) is 0 Å². The number of rotatable bonds is 3. The zero-order valence-electron chi connectivity index (χ0n) is 14.2. The Morgan fingerprint density at radius 3 is 1.96 bits per heavy atom. The van der Waals surface area contributed by atoms with Crippen molar-refractivity contribution in [3.05, 3.63) is 71.0 Å². The van der Waals surface area contributed by atoms with Gasteiger partial charge in [-0.25, -0.2) is 4.39 Å². The fourth-order valence-corrected chi connectivity index (χ4v) is 3.35. The topological polar surface area (TPSA) is 63.7 Å². The zero-order valence-corrected chi connectivity index (χ0v) is 14.2. The molecule has 4 rings (SSSR count). The number of nitrogens with zero attached hydrogens (tertiary/aromatic N) is 1. The Hall–Kier alpha value is -3.02. The maximum Gasteiger partial charge on any atom is 0.292 e. The van der Waals surface area contributed by atoms with Crippen LogP contribution < -0.4 is 0 Å². The van der Waals surface area contributed by atoms with Crippen molar-refractivity contribution < 1.29 is 23.5 Å². The average molecular weight is 355 g/mol. The second-order valence-corrected chi connectivity index (χ2v) is 6.23. The quantitative estimate of drug-likeness (QED) is 0.627. The predicted octanol–water partition coefficient (Wildman–Crippen LogP) is 3.16. The fraction of sp³-hybridized carbons (Fsp3) is 0.250. The van der Waals surface area contributed by atoms with E-state index in [1.165, 1.54) is 24.1 Å². The van der Waals surface area contributed by atoms with Gasteiger partial charge in [-0.1, -0.05) is 24.3 Å². The Kier molecular flexibility index (Phi) is 5.11. The molecule has 0 N–H and O–H groups in total. The Morgan fingerprint density at radius 1 is 1.00 bits per heavy atom. The van der Waals surface area contributed by atoms with E-state index in [9.17, 15) is 14.0 Å². The molecule has 0 bridgehead atoms. The monoisotopic (exact) mass is 355 g/mol. The normalized spacial score (nSPS) is 20.6. The molecule has 1 saturated carbocycles. The first kappa shape index (κ1) is 17.8. The highest BCUT2D eigenvalue weighted by atomic mass is 19.1. The van der Waals surface area contributed by atoms with E-state index < -0.39 is 0 Å². The SMILES string of the molecule is COC=O.O=C1c2ccccc2C(=O)N1C1CC(c2ccc(F)cc2)C1. The van der Waals surface area contributed by atoms with Gasteiger partial charge in [0.25, 0.3) is 18.3 Å². The van der Waals surface area contributed by atoms with E-state index >= 15 is 0 Å². The van der Waals surface area contributed by atoms with E-state index in [-0.39, 0.29) is 29.6 Å². The van der Waals surface area contributed by atoms with E-state index in [0.717, 1.165) is 18.4 Å². The Morgan fingerprint density at radius 2 is 1.50 bits per heavy atom. The second kappa shape index (κ2) is 7.47. The second-order valence-electron chi connectivity index (χ2n) is 6.23. The highest BCUT2D eigenvalue weighted by Crippen LogP contribution is 2.42. The molecular weight excluding hydrogens is 337 g/mol. The summed E-state index contributed by atoms with van der Waals surface area (Å²) in [5.74, 6) is -0.346. The highest BCUT2D eigenvalue weighted by Gasteiger charge is 2.45. The molecule has 0 unspecified atom stereocenters. The van der Waals surface area contributed by atoms with Crippen molar-refractivity contribution in [3.63, 3.8) is 0 Å². The van der Waals surface area contributed by atoms with Crippen LogP contribution in [0.25, 0.3) is 0 Å². The van der Waals surface area contributed by atoms with Crippen LogP contribution in [-0.4, -0.2) is 36.3 Å². The highest BCUT2D eigenvalue weighted by molar-refractivity contribution is 6.21. The first-order valence-electron chi connectivity index (χ1n) is 8.25. The molecule has 0 spiro atoms. The maximum atomic E-state index is 13.0. The fourth-order valence-electron chi connectivity index (χ4n) is 3.35. The molecule has 0 atom stereocenters. The third-order valence-electron chi connectivity index (χ3n) is 4.74.